The van der Waals surface area contributed by atoms with Crippen molar-refractivity contribution in [2.75, 3.05) is 24.5 Å². The van der Waals surface area contributed by atoms with Gasteiger partial charge in [0.1, 0.15) is 0 Å². The molecule has 0 bridgehead atoms. The first-order valence-electron chi connectivity index (χ1n) is 8.90. The van der Waals surface area contributed by atoms with Crippen LogP contribution in [0.15, 0.2) is 36.7 Å². The number of likely N-dealkylation sites (tertiary alicyclic amines) is 1. The first-order valence-corrected chi connectivity index (χ1v) is 8.90. The third kappa shape index (κ3) is 3.08. The van der Waals surface area contributed by atoms with E-state index in [1.807, 2.05) is 36.1 Å². The number of pyridine rings is 1. The van der Waals surface area contributed by atoms with Crippen molar-refractivity contribution in [2.24, 2.45) is 5.41 Å². The van der Waals surface area contributed by atoms with Crippen LogP contribution in [-0.4, -0.2) is 45.4 Å². The van der Waals surface area contributed by atoms with Crippen LogP contribution in [0.1, 0.15) is 30.7 Å². The Hall–Kier alpha value is -2.50. The molecule has 1 amide bonds. The number of nitrogens with zero attached hydrogens (tertiary/aromatic N) is 5. The number of carbonyl (C=O) groups is 1. The molecule has 4 heterocycles. The lowest BCUT2D eigenvalue weighted by molar-refractivity contribution is -0.137. The van der Waals surface area contributed by atoms with Crippen LogP contribution >= 0.6 is 0 Å². The molecular formula is C19H23N5O. The van der Waals surface area contributed by atoms with Crippen molar-refractivity contribution in [1.82, 2.24) is 19.9 Å². The van der Waals surface area contributed by atoms with E-state index in [9.17, 15) is 4.79 Å². The maximum absolute atomic E-state index is 13.2. The minimum atomic E-state index is -0.290. The molecule has 1 spiro atoms. The molecule has 6 heteroatoms. The van der Waals surface area contributed by atoms with E-state index in [1.165, 1.54) is 0 Å². The molecular weight excluding hydrogens is 314 g/mol. The maximum atomic E-state index is 13.2. The Morgan fingerprint density at radius 3 is 2.76 bits per heavy atom. The van der Waals surface area contributed by atoms with Gasteiger partial charge >= 0.3 is 0 Å². The lowest BCUT2D eigenvalue weighted by atomic mass is 9.78. The number of hydrogen-bond donors (Lipinski definition) is 0. The van der Waals surface area contributed by atoms with E-state index >= 15 is 0 Å². The molecule has 0 radical (unpaired) electrons. The summed E-state index contributed by atoms with van der Waals surface area (Å²) < 4.78 is 0. The molecule has 2 fully saturated rings. The van der Waals surface area contributed by atoms with Crippen molar-refractivity contribution in [3.63, 3.8) is 0 Å². The van der Waals surface area contributed by atoms with E-state index in [1.54, 1.807) is 12.4 Å². The Labute approximate surface area is 147 Å². The van der Waals surface area contributed by atoms with E-state index in [-0.39, 0.29) is 11.3 Å². The summed E-state index contributed by atoms with van der Waals surface area (Å²) in [6.45, 7) is 5.02. The van der Waals surface area contributed by atoms with Crippen LogP contribution in [0, 0.1) is 12.3 Å². The zero-order chi connectivity index (χ0) is 17.3. The summed E-state index contributed by atoms with van der Waals surface area (Å²) in [6.07, 6.45) is 6.38. The second-order valence-corrected chi connectivity index (χ2v) is 7.10. The highest BCUT2D eigenvalue weighted by Crippen LogP contribution is 2.41. The van der Waals surface area contributed by atoms with Gasteiger partial charge in [-0.05, 0) is 44.4 Å². The van der Waals surface area contributed by atoms with Gasteiger partial charge in [-0.25, -0.2) is 9.97 Å². The second kappa shape index (κ2) is 6.43. The second-order valence-electron chi connectivity index (χ2n) is 7.10. The summed E-state index contributed by atoms with van der Waals surface area (Å²) in [4.78, 5) is 30.6. The minimum Gasteiger partial charge on any atom is -0.340 e. The van der Waals surface area contributed by atoms with Crippen molar-refractivity contribution in [1.29, 1.82) is 0 Å². The van der Waals surface area contributed by atoms with Gasteiger partial charge in [-0.2, -0.15) is 0 Å². The first kappa shape index (κ1) is 16.0. The number of aromatic nitrogens is 3. The highest BCUT2D eigenvalue weighted by Gasteiger charge is 2.49. The quantitative estimate of drug-likeness (QED) is 0.859. The lowest BCUT2D eigenvalue weighted by Gasteiger charge is -2.39. The molecule has 0 saturated carbocycles. The summed E-state index contributed by atoms with van der Waals surface area (Å²) in [5.74, 6) is 0.990. The predicted molar refractivity (Wildman–Crippen MR) is 94.9 cm³/mol. The Kier molecular flexibility index (Phi) is 4.11. The third-order valence-corrected chi connectivity index (χ3v) is 5.31. The van der Waals surface area contributed by atoms with Crippen LogP contribution in [-0.2, 0) is 11.3 Å². The lowest BCUT2D eigenvalue weighted by Crippen LogP contribution is -2.48. The first-order chi connectivity index (χ1) is 12.2. The molecule has 0 N–H and O–H groups in total. The van der Waals surface area contributed by atoms with Crippen LogP contribution in [0.5, 0.6) is 0 Å². The highest BCUT2D eigenvalue weighted by molar-refractivity contribution is 5.85. The number of hydrogen-bond acceptors (Lipinski definition) is 5. The van der Waals surface area contributed by atoms with E-state index in [4.69, 9.17) is 0 Å². The molecule has 2 aliphatic rings. The molecule has 25 heavy (non-hydrogen) atoms. The van der Waals surface area contributed by atoms with E-state index in [2.05, 4.69) is 19.9 Å². The van der Waals surface area contributed by atoms with Gasteiger partial charge in [-0.3, -0.25) is 9.78 Å². The SMILES string of the molecule is Cc1cccc(CN2CCC3(CCCN(c4ncccn4)C3)C2=O)n1. The monoisotopic (exact) mass is 337 g/mol. The largest absolute Gasteiger partial charge is 0.340 e. The molecule has 2 aromatic heterocycles. The molecule has 1 atom stereocenters. The average Bonchev–Trinajstić information content (AvgIpc) is 2.92. The van der Waals surface area contributed by atoms with Crippen LogP contribution in [0.2, 0.25) is 0 Å². The summed E-state index contributed by atoms with van der Waals surface area (Å²) in [5.41, 5.74) is 1.66. The zero-order valence-corrected chi connectivity index (χ0v) is 14.6. The van der Waals surface area contributed by atoms with Crippen LogP contribution < -0.4 is 4.90 Å². The van der Waals surface area contributed by atoms with Gasteiger partial charge < -0.3 is 9.80 Å². The molecule has 2 aromatic rings. The molecule has 2 aliphatic heterocycles. The zero-order valence-electron chi connectivity index (χ0n) is 14.6. The molecule has 0 aromatic carbocycles. The smallest absolute Gasteiger partial charge is 0.231 e. The topological polar surface area (TPSA) is 62.2 Å². The summed E-state index contributed by atoms with van der Waals surface area (Å²) in [5, 5.41) is 0. The van der Waals surface area contributed by atoms with Gasteiger partial charge in [-0.1, -0.05) is 6.07 Å². The number of piperidine rings is 1. The minimum absolute atomic E-state index is 0.261. The van der Waals surface area contributed by atoms with Gasteiger partial charge in [0.15, 0.2) is 0 Å². The molecule has 6 nitrogen and oxygen atoms in total. The van der Waals surface area contributed by atoms with Gasteiger partial charge in [0.2, 0.25) is 11.9 Å². The van der Waals surface area contributed by atoms with Crippen molar-refractivity contribution in [3.8, 4) is 0 Å². The van der Waals surface area contributed by atoms with Crippen molar-refractivity contribution in [3.05, 3.63) is 48.0 Å². The van der Waals surface area contributed by atoms with Crippen molar-refractivity contribution < 1.29 is 4.79 Å². The summed E-state index contributed by atoms with van der Waals surface area (Å²) >= 11 is 0. The summed E-state index contributed by atoms with van der Waals surface area (Å²) in [7, 11) is 0. The van der Waals surface area contributed by atoms with Crippen molar-refractivity contribution >= 4 is 11.9 Å². The number of carbonyl (C=O) groups excluding carboxylic acids is 1. The van der Waals surface area contributed by atoms with E-state index < -0.39 is 0 Å². The normalized spacial score (nSPS) is 23.5. The average molecular weight is 337 g/mol. The fourth-order valence-corrected chi connectivity index (χ4v) is 4.06. The molecule has 2 saturated heterocycles. The number of anilines is 1. The van der Waals surface area contributed by atoms with E-state index in [0.717, 1.165) is 49.7 Å². The third-order valence-electron chi connectivity index (χ3n) is 5.31. The predicted octanol–water partition coefficient (Wildman–Crippen LogP) is 2.20. The maximum Gasteiger partial charge on any atom is 0.231 e. The van der Waals surface area contributed by atoms with Crippen LogP contribution in [0.3, 0.4) is 0 Å². The Bertz CT molecular complexity index is 765. The molecule has 4 rings (SSSR count). The molecule has 130 valence electrons. The van der Waals surface area contributed by atoms with Crippen LogP contribution in [0.4, 0.5) is 5.95 Å². The number of amides is 1. The van der Waals surface area contributed by atoms with Crippen molar-refractivity contribution in [2.45, 2.75) is 32.7 Å². The number of rotatable bonds is 3. The highest BCUT2D eigenvalue weighted by atomic mass is 16.2. The fourth-order valence-electron chi connectivity index (χ4n) is 4.06. The molecule has 0 aliphatic carbocycles. The molecule has 1 unspecified atom stereocenters. The van der Waals surface area contributed by atoms with Gasteiger partial charge in [-0.15, -0.1) is 0 Å². The Morgan fingerprint density at radius 1 is 1.12 bits per heavy atom. The van der Waals surface area contributed by atoms with Gasteiger partial charge in [0, 0.05) is 37.7 Å². The van der Waals surface area contributed by atoms with Crippen LogP contribution in [0.25, 0.3) is 0 Å². The van der Waals surface area contributed by atoms with E-state index in [0.29, 0.717) is 13.1 Å². The fraction of sp³-hybridized carbons (Fsp3) is 0.474. The summed E-state index contributed by atoms with van der Waals surface area (Å²) in [6, 6.07) is 7.80. The standard InChI is InChI=1S/C19H23N5O/c1-15-5-2-6-16(22-15)13-23-12-8-19(17(23)25)7-3-11-24(14-19)18-20-9-4-10-21-18/h2,4-6,9-10H,3,7-8,11-14H2,1H3. The number of aryl methyl sites for hydroxylation is 1. The Morgan fingerprint density at radius 2 is 1.96 bits per heavy atom. The Balaban J connectivity index is 1.50. The van der Waals surface area contributed by atoms with Gasteiger partial charge in [0.25, 0.3) is 0 Å². The van der Waals surface area contributed by atoms with Gasteiger partial charge in [0.05, 0.1) is 17.7 Å².